The number of hydrogen-bond donors (Lipinski definition) is 2. The van der Waals surface area contributed by atoms with Crippen LogP contribution in [-0.2, 0) is 22.6 Å². The minimum Gasteiger partial charge on any atom is -0.445 e. The first-order chi connectivity index (χ1) is 12.0. The second-order valence-corrected chi connectivity index (χ2v) is 5.82. The Morgan fingerprint density at radius 1 is 0.960 bits per heavy atom. The van der Waals surface area contributed by atoms with Gasteiger partial charge in [-0.05, 0) is 11.1 Å². The molecule has 0 spiro atoms. The van der Waals surface area contributed by atoms with Crippen LogP contribution in [0.3, 0.4) is 0 Å². The monoisotopic (exact) mass is 341 g/mol. The second-order valence-electron chi connectivity index (χ2n) is 5.82. The van der Waals surface area contributed by atoms with Crippen LogP contribution in [0.2, 0.25) is 0 Å². The fraction of sp³-hybridized carbons (Fsp3) is 0.263. The molecular formula is C19H23N3O3. The molecule has 2 N–H and O–H groups in total. The molecule has 0 fully saturated rings. The number of amides is 2. The first-order valence-corrected chi connectivity index (χ1v) is 8.03. The van der Waals surface area contributed by atoms with E-state index in [2.05, 4.69) is 10.7 Å². The van der Waals surface area contributed by atoms with Crippen LogP contribution in [0.4, 0.5) is 4.79 Å². The van der Waals surface area contributed by atoms with Crippen molar-refractivity contribution >= 4 is 12.0 Å². The SMILES string of the molecule is CN(C)NC(=O)[C@H](Cc1ccccc1)NC(=O)OCc1ccccc1. The molecule has 0 radical (unpaired) electrons. The van der Waals surface area contributed by atoms with Gasteiger partial charge in [-0.25, -0.2) is 9.80 Å². The summed E-state index contributed by atoms with van der Waals surface area (Å²) in [6, 6.07) is 18.2. The highest BCUT2D eigenvalue weighted by atomic mass is 16.5. The summed E-state index contributed by atoms with van der Waals surface area (Å²) in [5.74, 6) is -0.300. The van der Waals surface area contributed by atoms with Crippen LogP contribution in [0.25, 0.3) is 0 Å². The first kappa shape index (κ1) is 18.5. The number of carbonyl (C=O) groups is 2. The van der Waals surface area contributed by atoms with Gasteiger partial charge in [0.05, 0.1) is 0 Å². The van der Waals surface area contributed by atoms with Gasteiger partial charge < -0.3 is 10.1 Å². The van der Waals surface area contributed by atoms with E-state index < -0.39 is 12.1 Å². The lowest BCUT2D eigenvalue weighted by molar-refractivity contribution is -0.126. The molecule has 0 aliphatic carbocycles. The molecule has 0 aliphatic heterocycles. The van der Waals surface area contributed by atoms with Crippen molar-refractivity contribution in [3.05, 3.63) is 71.8 Å². The minimum absolute atomic E-state index is 0.153. The van der Waals surface area contributed by atoms with Gasteiger partial charge in [0.15, 0.2) is 0 Å². The molecule has 2 aromatic rings. The molecule has 2 aromatic carbocycles. The largest absolute Gasteiger partial charge is 0.445 e. The molecule has 0 saturated carbocycles. The maximum Gasteiger partial charge on any atom is 0.408 e. The number of benzene rings is 2. The van der Waals surface area contributed by atoms with Gasteiger partial charge in [-0.15, -0.1) is 0 Å². The smallest absolute Gasteiger partial charge is 0.408 e. The van der Waals surface area contributed by atoms with Crippen molar-refractivity contribution in [1.82, 2.24) is 15.8 Å². The van der Waals surface area contributed by atoms with E-state index in [1.807, 2.05) is 60.7 Å². The fourth-order valence-electron chi connectivity index (χ4n) is 2.26. The lowest BCUT2D eigenvalue weighted by Crippen LogP contribution is -2.51. The molecule has 25 heavy (non-hydrogen) atoms. The van der Waals surface area contributed by atoms with Gasteiger partial charge in [0, 0.05) is 20.5 Å². The standard InChI is InChI=1S/C19H23N3O3/c1-22(2)21-18(23)17(13-15-9-5-3-6-10-15)20-19(24)25-14-16-11-7-4-8-12-16/h3-12,17H,13-14H2,1-2H3,(H,20,24)(H,21,23)/t17-/m0/s1. The molecule has 6 nitrogen and oxygen atoms in total. The third-order valence-corrected chi connectivity index (χ3v) is 3.44. The third-order valence-electron chi connectivity index (χ3n) is 3.44. The van der Waals surface area contributed by atoms with E-state index in [-0.39, 0.29) is 12.5 Å². The maximum absolute atomic E-state index is 12.3. The summed E-state index contributed by atoms with van der Waals surface area (Å²) in [6.45, 7) is 0.153. The van der Waals surface area contributed by atoms with Gasteiger partial charge in [-0.1, -0.05) is 60.7 Å². The van der Waals surface area contributed by atoms with Crippen LogP contribution >= 0.6 is 0 Å². The maximum atomic E-state index is 12.3. The van der Waals surface area contributed by atoms with Crippen LogP contribution in [-0.4, -0.2) is 37.1 Å². The summed E-state index contributed by atoms with van der Waals surface area (Å²) in [6.07, 6.45) is -0.250. The van der Waals surface area contributed by atoms with Crippen LogP contribution in [0.5, 0.6) is 0 Å². The Bertz CT molecular complexity index is 675. The van der Waals surface area contributed by atoms with E-state index in [1.54, 1.807) is 14.1 Å². The highest BCUT2D eigenvalue weighted by Crippen LogP contribution is 2.05. The molecule has 6 heteroatoms. The molecule has 2 amide bonds. The molecule has 0 unspecified atom stereocenters. The Kier molecular flexibility index (Phi) is 6.98. The highest BCUT2D eigenvalue weighted by molar-refractivity contribution is 5.85. The van der Waals surface area contributed by atoms with Gasteiger partial charge in [0.1, 0.15) is 12.6 Å². The average Bonchev–Trinajstić information content (AvgIpc) is 2.60. The van der Waals surface area contributed by atoms with E-state index in [4.69, 9.17) is 4.74 Å². The van der Waals surface area contributed by atoms with Crippen LogP contribution in [0, 0.1) is 0 Å². The minimum atomic E-state index is -0.729. The van der Waals surface area contributed by atoms with Gasteiger partial charge in [0.2, 0.25) is 0 Å². The zero-order valence-electron chi connectivity index (χ0n) is 14.4. The predicted octanol–water partition coefficient (Wildman–Crippen LogP) is 2.12. The molecule has 0 aromatic heterocycles. The van der Waals surface area contributed by atoms with Gasteiger partial charge >= 0.3 is 6.09 Å². The highest BCUT2D eigenvalue weighted by Gasteiger charge is 2.22. The topological polar surface area (TPSA) is 70.7 Å². The lowest BCUT2D eigenvalue weighted by Gasteiger charge is -2.21. The molecule has 0 heterocycles. The number of carbonyl (C=O) groups excluding carboxylic acids is 2. The zero-order valence-corrected chi connectivity index (χ0v) is 14.4. The van der Waals surface area contributed by atoms with E-state index in [0.717, 1.165) is 11.1 Å². The van der Waals surface area contributed by atoms with Crippen molar-refractivity contribution in [2.45, 2.75) is 19.1 Å². The number of ether oxygens (including phenoxy) is 1. The lowest BCUT2D eigenvalue weighted by atomic mass is 10.1. The van der Waals surface area contributed by atoms with E-state index in [1.165, 1.54) is 5.01 Å². The number of hydrogen-bond acceptors (Lipinski definition) is 4. The van der Waals surface area contributed by atoms with Crippen LogP contribution in [0.1, 0.15) is 11.1 Å². The Balaban J connectivity index is 1.96. The Morgan fingerprint density at radius 2 is 1.52 bits per heavy atom. The number of alkyl carbamates (subject to hydrolysis) is 1. The molecule has 0 bridgehead atoms. The summed E-state index contributed by atoms with van der Waals surface area (Å²) in [5, 5.41) is 4.18. The molecule has 0 saturated heterocycles. The van der Waals surface area contributed by atoms with Crippen molar-refractivity contribution in [2.24, 2.45) is 0 Å². The quantitative estimate of drug-likeness (QED) is 0.757. The molecule has 1 atom stereocenters. The molecular weight excluding hydrogens is 318 g/mol. The second kappa shape index (κ2) is 9.44. The summed E-state index contributed by atoms with van der Waals surface area (Å²) in [4.78, 5) is 24.4. The normalized spacial score (nSPS) is 11.6. The van der Waals surface area contributed by atoms with Crippen LogP contribution in [0.15, 0.2) is 60.7 Å². The van der Waals surface area contributed by atoms with E-state index >= 15 is 0 Å². The fourth-order valence-corrected chi connectivity index (χ4v) is 2.26. The number of rotatable bonds is 7. The predicted molar refractivity (Wildman–Crippen MR) is 95.5 cm³/mol. The summed E-state index contributed by atoms with van der Waals surface area (Å²) >= 11 is 0. The van der Waals surface area contributed by atoms with Crippen molar-refractivity contribution in [1.29, 1.82) is 0 Å². The summed E-state index contributed by atoms with van der Waals surface area (Å²) in [5.41, 5.74) is 4.50. The number of nitrogens with one attached hydrogen (secondary N) is 2. The van der Waals surface area contributed by atoms with Gasteiger partial charge in [0.25, 0.3) is 5.91 Å². The number of nitrogens with zero attached hydrogens (tertiary/aromatic N) is 1. The first-order valence-electron chi connectivity index (χ1n) is 8.03. The molecule has 0 aliphatic rings. The summed E-state index contributed by atoms with van der Waals surface area (Å²) < 4.78 is 5.21. The van der Waals surface area contributed by atoms with Crippen molar-refractivity contribution < 1.29 is 14.3 Å². The van der Waals surface area contributed by atoms with Crippen molar-refractivity contribution in [3.63, 3.8) is 0 Å². The van der Waals surface area contributed by atoms with Crippen molar-refractivity contribution in [3.8, 4) is 0 Å². The Labute approximate surface area is 147 Å². The van der Waals surface area contributed by atoms with Gasteiger partial charge in [-0.3, -0.25) is 10.2 Å². The van der Waals surface area contributed by atoms with E-state index in [0.29, 0.717) is 6.42 Å². The van der Waals surface area contributed by atoms with Gasteiger partial charge in [-0.2, -0.15) is 0 Å². The van der Waals surface area contributed by atoms with Crippen molar-refractivity contribution in [2.75, 3.05) is 14.1 Å². The Hall–Kier alpha value is -2.86. The third kappa shape index (κ3) is 6.64. The molecule has 2 rings (SSSR count). The average molecular weight is 341 g/mol. The van der Waals surface area contributed by atoms with Crippen LogP contribution < -0.4 is 10.7 Å². The summed E-state index contributed by atoms with van der Waals surface area (Å²) in [7, 11) is 3.43. The van der Waals surface area contributed by atoms with E-state index in [9.17, 15) is 9.59 Å². The molecule has 132 valence electrons. The number of hydrazine groups is 1. The zero-order chi connectivity index (χ0) is 18.1. The Morgan fingerprint density at radius 3 is 2.08 bits per heavy atom.